The van der Waals surface area contributed by atoms with E-state index in [2.05, 4.69) is 10.3 Å². The Hall–Kier alpha value is -2.19. The third-order valence-corrected chi connectivity index (χ3v) is 3.30. The van der Waals surface area contributed by atoms with Gasteiger partial charge in [0.15, 0.2) is 0 Å². The Kier molecular flexibility index (Phi) is 4.05. The second-order valence-corrected chi connectivity index (χ2v) is 4.69. The number of hydrogen-bond acceptors (Lipinski definition) is 4. The number of pyridine rings is 1. The van der Waals surface area contributed by atoms with Crippen molar-refractivity contribution < 1.29 is 4.79 Å². The highest BCUT2D eigenvalue weighted by atomic mass is 32.1. The SMILES string of the molecule is N#Cc1cncc(C(=O)NCCc2cccs2)c1. The van der Waals surface area contributed by atoms with Crippen molar-refractivity contribution in [3.8, 4) is 6.07 Å². The molecule has 90 valence electrons. The molecule has 0 aromatic carbocycles. The molecule has 0 atom stereocenters. The van der Waals surface area contributed by atoms with Gasteiger partial charge in [0, 0.05) is 23.8 Å². The topological polar surface area (TPSA) is 65.8 Å². The van der Waals surface area contributed by atoms with Crippen molar-refractivity contribution in [3.05, 3.63) is 52.0 Å². The van der Waals surface area contributed by atoms with Crippen LogP contribution in [0.2, 0.25) is 0 Å². The monoisotopic (exact) mass is 257 g/mol. The van der Waals surface area contributed by atoms with E-state index in [-0.39, 0.29) is 5.91 Å². The number of aromatic nitrogens is 1. The van der Waals surface area contributed by atoms with Crippen LogP contribution in [0.4, 0.5) is 0 Å². The average Bonchev–Trinajstić information content (AvgIpc) is 2.92. The lowest BCUT2D eigenvalue weighted by Gasteiger charge is -2.03. The van der Waals surface area contributed by atoms with E-state index in [9.17, 15) is 4.79 Å². The van der Waals surface area contributed by atoms with Crippen molar-refractivity contribution in [1.29, 1.82) is 5.26 Å². The summed E-state index contributed by atoms with van der Waals surface area (Å²) < 4.78 is 0. The fourth-order valence-corrected chi connectivity index (χ4v) is 2.19. The minimum atomic E-state index is -0.198. The van der Waals surface area contributed by atoms with Gasteiger partial charge in [-0.15, -0.1) is 11.3 Å². The maximum absolute atomic E-state index is 11.8. The van der Waals surface area contributed by atoms with Gasteiger partial charge in [0.05, 0.1) is 11.1 Å². The minimum Gasteiger partial charge on any atom is -0.352 e. The molecular formula is C13H11N3OS. The van der Waals surface area contributed by atoms with E-state index >= 15 is 0 Å². The molecule has 2 heterocycles. The zero-order valence-corrected chi connectivity index (χ0v) is 10.4. The van der Waals surface area contributed by atoms with Crippen molar-refractivity contribution in [1.82, 2.24) is 10.3 Å². The first kappa shape index (κ1) is 12.3. The van der Waals surface area contributed by atoms with Gasteiger partial charge in [0.2, 0.25) is 0 Å². The Morgan fingerprint density at radius 3 is 3.11 bits per heavy atom. The maximum atomic E-state index is 11.8. The van der Waals surface area contributed by atoms with Gasteiger partial charge in [0.25, 0.3) is 5.91 Å². The van der Waals surface area contributed by atoms with E-state index < -0.39 is 0 Å². The number of hydrogen-bond donors (Lipinski definition) is 1. The van der Waals surface area contributed by atoms with Gasteiger partial charge >= 0.3 is 0 Å². The highest BCUT2D eigenvalue weighted by molar-refractivity contribution is 7.09. The number of thiophene rings is 1. The molecule has 2 rings (SSSR count). The van der Waals surface area contributed by atoms with Crippen LogP contribution in [-0.2, 0) is 6.42 Å². The van der Waals surface area contributed by atoms with E-state index in [1.807, 2.05) is 23.6 Å². The number of nitrogens with one attached hydrogen (secondary N) is 1. The number of nitriles is 1. The molecule has 0 aliphatic carbocycles. The Labute approximate surface area is 109 Å². The van der Waals surface area contributed by atoms with Crippen molar-refractivity contribution in [2.45, 2.75) is 6.42 Å². The van der Waals surface area contributed by atoms with E-state index in [1.165, 1.54) is 23.3 Å². The van der Waals surface area contributed by atoms with Crippen molar-refractivity contribution in [2.75, 3.05) is 6.54 Å². The number of carbonyl (C=O) groups is 1. The second-order valence-electron chi connectivity index (χ2n) is 3.66. The molecule has 5 heteroatoms. The molecule has 2 aromatic rings. The third kappa shape index (κ3) is 3.15. The highest BCUT2D eigenvalue weighted by Gasteiger charge is 2.06. The Balaban J connectivity index is 1.89. The fraction of sp³-hybridized carbons (Fsp3) is 0.154. The molecular weight excluding hydrogens is 246 g/mol. The lowest BCUT2D eigenvalue weighted by atomic mass is 10.2. The zero-order valence-electron chi connectivity index (χ0n) is 9.59. The van der Waals surface area contributed by atoms with Crippen molar-refractivity contribution in [2.24, 2.45) is 0 Å². The largest absolute Gasteiger partial charge is 0.352 e. The summed E-state index contributed by atoms with van der Waals surface area (Å²) in [4.78, 5) is 16.9. The van der Waals surface area contributed by atoms with E-state index in [0.29, 0.717) is 17.7 Å². The van der Waals surface area contributed by atoms with Crippen LogP contribution in [0.5, 0.6) is 0 Å². The molecule has 0 saturated carbocycles. The van der Waals surface area contributed by atoms with Crippen LogP contribution in [0.3, 0.4) is 0 Å². The molecule has 0 aliphatic rings. The summed E-state index contributed by atoms with van der Waals surface area (Å²) in [5, 5.41) is 13.5. The van der Waals surface area contributed by atoms with E-state index in [4.69, 9.17) is 5.26 Å². The lowest BCUT2D eigenvalue weighted by Crippen LogP contribution is -2.25. The predicted octanol–water partition coefficient (Wildman–Crippen LogP) is 1.99. The number of nitrogens with zero attached hydrogens (tertiary/aromatic N) is 2. The van der Waals surface area contributed by atoms with Crippen LogP contribution in [0.15, 0.2) is 36.0 Å². The van der Waals surface area contributed by atoms with Crippen LogP contribution in [0, 0.1) is 11.3 Å². The quantitative estimate of drug-likeness (QED) is 0.910. The van der Waals surface area contributed by atoms with E-state index in [0.717, 1.165) is 6.42 Å². The van der Waals surface area contributed by atoms with Crippen LogP contribution in [0.1, 0.15) is 20.8 Å². The van der Waals surface area contributed by atoms with Gasteiger partial charge in [-0.1, -0.05) is 6.07 Å². The van der Waals surface area contributed by atoms with Gasteiger partial charge in [-0.2, -0.15) is 5.26 Å². The standard InChI is InChI=1S/C13H11N3OS/c14-7-10-6-11(9-15-8-10)13(17)16-4-3-12-2-1-5-18-12/h1-2,5-6,8-9H,3-4H2,(H,16,17). The summed E-state index contributed by atoms with van der Waals surface area (Å²) in [5.41, 5.74) is 0.807. The normalized spacial score (nSPS) is 9.72. The van der Waals surface area contributed by atoms with Crippen LogP contribution in [0.25, 0.3) is 0 Å². The van der Waals surface area contributed by atoms with Crippen molar-refractivity contribution in [3.63, 3.8) is 0 Å². The Morgan fingerprint density at radius 2 is 2.39 bits per heavy atom. The first-order valence-corrected chi connectivity index (χ1v) is 6.33. The predicted molar refractivity (Wildman–Crippen MR) is 69.3 cm³/mol. The minimum absolute atomic E-state index is 0.198. The Morgan fingerprint density at radius 1 is 1.50 bits per heavy atom. The molecule has 0 spiro atoms. The first-order valence-electron chi connectivity index (χ1n) is 5.45. The summed E-state index contributed by atoms with van der Waals surface area (Å²) in [6.45, 7) is 0.579. The summed E-state index contributed by atoms with van der Waals surface area (Å²) in [5.74, 6) is -0.198. The molecule has 0 unspecified atom stereocenters. The smallest absolute Gasteiger partial charge is 0.252 e. The first-order chi connectivity index (χ1) is 8.79. The number of rotatable bonds is 4. The second kappa shape index (κ2) is 5.94. The highest BCUT2D eigenvalue weighted by Crippen LogP contribution is 2.08. The molecule has 4 nitrogen and oxygen atoms in total. The molecule has 0 radical (unpaired) electrons. The lowest BCUT2D eigenvalue weighted by molar-refractivity contribution is 0.0954. The summed E-state index contributed by atoms with van der Waals surface area (Å²) >= 11 is 1.67. The zero-order chi connectivity index (χ0) is 12.8. The molecule has 0 saturated heterocycles. The molecule has 0 fully saturated rings. The molecule has 1 N–H and O–H groups in total. The number of amides is 1. The van der Waals surface area contributed by atoms with Crippen LogP contribution < -0.4 is 5.32 Å². The molecule has 2 aromatic heterocycles. The summed E-state index contributed by atoms with van der Waals surface area (Å²) in [7, 11) is 0. The van der Waals surface area contributed by atoms with Crippen LogP contribution in [-0.4, -0.2) is 17.4 Å². The Bertz CT molecular complexity index is 572. The average molecular weight is 257 g/mol. The van der Waals surface area contributed by atoms with Gasteiger partial charge < -0.3 is 5.32 Å². The van der Waals surface area contributed by atoms with Crippen molar-refractivity contribution >= 4 is 17.2 Å². The van der Waals surface area contributed by atoms with Gasteiger partial charge in [-0.25, -0.2) is 0 Å². The molecule has 1 amide bonds. The molecule has 0 aliphatic heterocycles. The van der Waals surface area contributed by atoms with Gasteiger partial charge in [-0.3, -0.25) is 9.78 Å². The number of carbonyl (C=O) groups excluding carboxylic acids is 1. The van der Waals surface area contributed by atoms with E-state index in [1.54, 1.807) is 11.3 Å². The maximum Gasteiger partial charge on any atom is 0.252 e. The molecule has 0 bridgehead atoms. The summed E-state index contributed by atoms with van der Waals surface area (Å²) in [6.07, 6.45) is 3.71. The summed E-state index contributed by atoms with van der Waals surface area (Å²) in [6, 6.07) is 7.52. The third-order valence-electron chi connectivity index (χ3n) is 2.37. The molecule has 18 heavy (non-hydrogen) atoms. The van der Waals surface area contributed by atoms with Crippen LogP contribution >= 0.6 is 11.3 Å². The van der Waals surface area contributed by atoms with Gasteiger partial charge in [0.1, 0.15) is 6.07 Å². The fourth-order valence-electron chi connectivity index (χ4n) is 1.48. The van der Waals surface area contributed by atoms with Gasteiger partial charge in [-0.05, 0) is 23.9 Å².